The second-order valence-corrected chi connectivity index (χ2v) is 6.01. The Morgan fingerprint density at radius 1 is 0.778 bits per heavy atom. The molecule has 5 heteroatoms. The van der Waals surface area contributed by atoms with Crippen LogP contribution in [0.1, 0.15) is 5.56 Å². The van der Waals surface area contributed by atoms with Gasteiger partial charge in [-0.3, -0.25) is 0 Å². The molecule has 0 fully saturated rings. The van der Waals surface area contributed by atoms with E-state index in [1.54, 1.807) is 7.11 Å². The highest BCUT2D eigenvalue weighted by Crippen LogP contribution is 2.19. The first kappa shape index (κ1) is 18.3. The zero-order valence-electron chi connectivity index (χ0n) is 15.2. The van der Waals surface area contributed by atoms with Gasteiger partial charge < -0.3 is 20.7 Å². The molecule has 0 atom stereocenters. The van der Waals surface area contributed by atoms with Crippen molar-refractivity contribution >= 4 is 23.1 Å². The third kappa shape index (κ3) is 5.51. The number of anilines is 3. The van der Waals surface area contributed by atoms with E-state index >= 15 is 0 Å². The normalized spacial score (nSPS) is 10.1. The highest BCUT2D eigenvalue weighted by molar-refractivity contribution is 5.99. The number of nitrogens with one attached hydrogen (secondary N) is 3. The molecule has 0 aromatic heterocycles. The van der Waals surface area contributed by atoms with Crippen LogP contribution < -0.4 is 20.7 Å². The molecule has 0 aliphatic carbocycles. The number of carbonyl (C=O) groups is 1. The van der Waals surface area contributed by atoms with Crippen LogP contribution in [-0.2, 0) is 6.42 Å². The Balaban J connectivity index is 1.48. The zero-order valence-corrected chi connectivity index (χ0v) is 15.2. The number of para-hydroxylation sites is 2. The van der Waals surface area contributed by atoms with Crippen LogP contribution in [0.3, 0.4) is 0 Å². The first-order valence-corrected chi connectivity index (χ1v) is 8.83. The molecule has 3 N–H and O–H groups in total. The summed E-state index contributed by atoms with van der Waals surface area (Å²) in [6, 6.07) is 24.7. The molecule has 0 bridgehead atoms. The molecule has 2 amide bonds. The number of amides is 2. The Labute approximate surface area is 159 Å². The summed E-state index contributed by atoms with van der Waals surface area (Å²) in [5.41, 5.74) is 3.66. The molecule has 138 valence electrons. The molecule has 0 saturated heterocycles. The predicted molar refractivity (Wildman–Crippen MR) is 111 cm³/mol. The zero-order chi connectivity index (χ0) is 18.9. The van der Waals surface area contributed by atoms with Gasteiger partial charge in [0, 0.05) is 23.6 Å². The van der Waals surface area contributed by atoms with E-state index in [9.17, 15) is 4.79 Å². The number of methoxy groups -OCH3 is 1. The average molecular weight is 361 g/mol. The molecule has 0 saturated carbocycles. The van der Waals surface area contributed by atoms with Crippen molar-refractivity contribution in [3.05, 3.63) is 84.4 Å². The largest absolute Gasteiger partial charge is 0.496 e. The summed E-state index contributed by atoms with van der Waals surface area (Å²) in [5, 5.41) is 8.99. The van der Waals surface area contributed by atoms with Crippen molar-refractivity contribution < 1.29 is 9.53 Å². The van der Waals surface area contributed by atoms with Crippen LogP contribution in [0, 0.1) is 0 Å². The second-order valence-electron chi connectivity index (χ2n) is 6.01. The van der Waals surface area contributed by atoms with Crippen LogP contribution in [0.5, 0.6) is 5.75 Å². The van der Waals surface area contributed by atoms with E-state index in [4.69, 9.17) is 4.74 Å². The Morgan fingerprint density at radius 3 is 2.07 bits per heavy atom. The van der Waals surface area contributed by atoms with Crippen molar-refractivity contribution in [3.8, 4) is 5.75 Å². The van der Waals surface area contributed by atoms with E-state index in [1.807, 2.05) is 72.8 Å². The molecule has 0 unspecified atom stereocenters. The number of carbonyl (C=O) groups excluding carboxylic acids is 1. The fourth-order valence-electron chi connectivity index (χ4n) is 2.74. The van der Waals surface area contributed by atoms with Crippen LogP contribution in [0.2, 0.25) is 0 Å². The standard InChI is InChI=1S/C22H23N3O2/c1-27-21-10-6-5-7-17(21)15-16-23-18-11-13-20(14-12-18)25-22(26)24-19-8-3-2-4-9-19/h2-14,23H,15-16H2,1H3,(H2,24,25,26). The van der Waals surface area contributed by atoms with Crippen LogP contribution in [-0.4, -0.2) is 19.7 Å². The monoisotopic (exact) mass is 361 g/mol. The van der Waals surface area contributed by atoms with E-state index < -0.39 is 0 Å². The van der Waals surface area contributed by atoms with Crippen molar-refractivity contribution in [1.29, 1.82) is 0 Å². The van der Waals surface area contributed by atoms with Gasteiger partial charge in [0.2, 0.25) is 0 Å². The fraction of sp³-hybridized carbons (Fsp3) is 0.136. The lowest BCUT2D eigenvalue weighted by molar-refractivity contribution is 0.262. The highest BCUT2D eigenvalue weighted by atomic mass is 16.5. The lowest BCUT2D eigenvalue weighted by Gasteiger charge is -2.11. The number of hydrogen-bond donors (Lipinski definition) is 3. The SMILES string of the molecule is COc1ccccc1CCNc1ccc(NC(=O)Nc2ccccc2)cc1. The fourth-order valence-corrected chi connectivity index (χ4v) is 2.74. The smallest absolute Gasteiger partial charge is 0.323 e. The lowest BCUT2D eigenvalue weighted by atomic mass is 10.1. The van der Waals surface area contributed by atoms with E-state index in [0.717, 1.165) is 35.8 Å². The van der Waals surface area contributed by atoms with Gasteiger partial charge in [-0.25, -0.2) is 4.79 Å². The molecule has 5 nitrogen and oxygen atoms in total. The van der Waals surface area contributed by atoms with Gasteiger partial charge in [0.1, 0.15) is 5.75 Å². The Bertz CT molecular complexity index is 864. The number of benzene rings is 3. The van der Waals surface area contributed by atoms with Crippen LogP contribution in [0.4, 0.5) is 21.9 Å². The van der Waals surface area contributed by atoms with Gasteiger partial charge in [0.25, 0.3) is 0 Å². The minimum Gasteiger partial charge on any atom is -0.496 e. The number of ether oxygens (including phenoxy) is 1. The lowest BCUT2D eigenvalue weighted by Crippen LogP contribution is -2.19. The third-order valence-electron chi connectivity index (χ3n) is 4.09. The Hall–Kier alpha value is -3.47. The Kier molecular flexibility index (Phi) is 6.30. The minimum absolute atomic E-state index is 0.266. The van der Waals surface area contributed by atoms with Crippen molar-refractivity contribution in [3.63, 3.8) is 0 Å². The molecule has 3 rings (SSSR count). The van der Waals surface area contributed by atoms with Crippen LogP contribution in [0.25, 0.3) is 0 Å². The molecule has 3 aromatic rings. The van der Waals surface area contributed by atoms with Gasteiger partial charge in [0.05, 0.1) is 7.11 Å². The summed E-state index contributed by atoms with van der Waals surface area (Å²) < 4.78 is 5.37. The molecule has 3 aromatic carbocycles. The van der Waals surface area contributed by atoms with E-state index in [0.29, 0.717) is 0 Å². The topological polar surface area (TPSA) is 62.4 Å². The molecule has 27 heavy (non-hydrogen) atoms. The maximum absolute atomic E-state index is 12.0. The molecule has 0 radical (unpaired) electrons. The van der Waals surface area contributed by atoms with Gasteiger partial charge in [-0.15, -0.1) is 0 Å². The van der Waals surface area contributed by atoms with Crippen molar-refractivity contribution in [2.24, 2.45) is 0 Å². The van der Waals surface area contributed by atoms with Gasteiger partial charge in [-0.1, -0.05) is 36.4 Å². The van der Waals surface area contributed by atoms with E-state index in [2.05, 4.69) is 22.0 Å². The van der Waals surface area contributed by atoms with Gasteiger partial charge in [0.15, 0.2) is 0 Å². The summed E-state index contributed by atoms with van der Waals surface area (Å²) >= 11 is 0. The van der Waals surface area contributed by atoms with E-state index in [1.165, 1.54) is 5.56 Å². The number of urea groups is 1. The Morgan fingerprint density at radius 2 is 1.37 bits per heavy atom. The molecule has 0 spiro atoms. The molecular formula is C22H23N3O2. The predicted octanol–water partition coefficient (Wildman–Crippen LogP) is 4.99. The maximum Gasteiger partial charge on any atom is 0.323 e. The van der Waals surface area contributed by atoms with Gasteiger partial charge in [-0.05, 0) is 54.4 Å². The quantitative estimate of drug-likeness (QED) is 0.555. The van der Waals surface area contributed by atoms with Crippen LogP contribution in [0.15, 0.2) is 78.9 Å². The first-order chi connectivity index (χ1) is 13.2. The molecule has 0 aliphatic rings. The molecule has 0 aliphatic heterocycles. The van der Waals surface area contributed by atoms with Crippen molar-refractivity contribution in [2.75, 3.05) is 29.6 Å². The summed E-state index contributed by atoms with van der Waals surface area (Å²) in [7, 11) is 1.69. The summed E-state index contributed by atoms with van der Waals surface area (Å²) in [6.45, 7) is 0.793. The minimum atomic E-state index is -0.266. The number of hydrogen-bond acceptors (Lipinski definition) is 3. The maximum atomic E-state index is 12.0. The molecular weight excluding hydrogens is 338 g/mol. The van der Waals surface area contributed by atoms with Gasteiger partial charge >= 0.3 is 6.03 Å². The molecule has 0 heterocycles. The summed E-state index contributed by atoms with van der Waals surface area (Å²) in [4.78, 5) is 12.0. The third-order valence-corrected chi connectivity index (χ3v) is 4.09. The van der Waals surface area contributed by atoms with E-state index in [-0.39, 0.29) is 6.03 Å². The second kappa shape index (κ2) is 9.29. The van der Waals surface area contributed by atoms with Crippen LogP contribution >= 0.6 is 0 Å². The average Bonchev–Trinajstić information content (AvgIpc) is 2.70. The number of rotatable bonds is 7. The van der Waals surface area contributed by atoms with Crippen molar-refractivity contribution in [2.45, 2.75) is 6.42 Å². The summed E-state index contributed by atoms with van der Waals surface area (Å²) in [6.07, 6.45) is 0.865. The van der Waals surface area contributed by atoms with Crippen molar-refractivity contribution in [1.82, 2.24) is 0 Å². The summed E-state index contributed by atoms with van der Waals surface area (Å²) in [5.74, 6) is 0.906. The first-order valence-electron chi connectivity index (χ1n) is 8.83. The highest BCUT2D eigenvalue weighted by Gasteiger charge is 2.03. The van der Waals surface area contributed by atoms with Gasteiger partial charge in [-0.2, -0.15) is 0 Å².